The van der Waals surface area contributed by atoms with Crippen LogP contribution in [0.15, 0.2) is 24.3 Å². The lowest BCUT2D eigenvalue weighted by Crippen LogP contribution is -2.19. The molecule has 0 N–H and O–H groups in total. The summed E-state index contributed by atoms with van der Waals surface area (Å²) in [7, 11) is 0. The van der Waals surface area contributed by atoms with Gasteiger partial charge in [0.2, 0.25) is 0 Å². The predicted molar refractivity (Wildman–Crippen MR) is 104 cm³/mol. The standard InChI is InChI=1S/C22H34O4/c1-3-5-6-7-8-9-13-18(12-4-2)26-22(23)20-14-10-11-15-21(20)25-17-19-16-24-19/h10-11,14-15,18-19H,3-9,12-13,16-17H2,1-2H3. The van der Waals surface area contributed by atoms with Crippen molar-refractivity contribution in [3.05, 3.63) is 29.8 Å². The number of carbonyl (C=O) groups excluding carboxylic acids is 1. The first kappa shape index (κ1) is 20.8. The number of epoxide rings is 1. The van der Waals surface area contributed by atoms with Gasteiger partial charge in [0.15, 0.2) is 0 Å². The lowest BCUT2D eigenvalue weighted by atomic mass is 10.0. The Hall–Kier alpha value is -1.55. The van der Waals surface area contributed by atoms with Crippen molar-refractivity contribution in [1.82, 2.24) is 0 Å². The van der Waals surface area contributed by atoms with Crippen LogP contribution >= 0.6 is 0 Å². The number of benzene rings is 1. The monoisotopic (exact) mass is 362 g/mol. The lowest BCUT2D eigenvalue weighted by molar-refractivity contribution is 0.0249. The smallest absolute Gasteiger partial charge is 0.342 e. The Balaban J connectivity index is 1.81. The molecule has 1 aliphatic heterocycles. The van der Waals surface area contributed by atoms with Gasteiger partial charge in [0.1, 0.15) is 30.1 Å². The normalized spacial score (nSPS) is 16.9. The molecule has 26 heavy (non-hydrogen) atoms. The molecule has 0 amide bonds. The molecule has 0 aliphatic carbocycles. The van der Waals surface area contributed by atoms with Gasteiger partial charge in [0, 0.05) is 0 Å². The number of ether oxygens (including phenoxy) is 3. The molecule has 0 spiro atoms. The first-order valence-corrected chi connectivity index (χ1v) is 10.3. The largest absolute Gasteiger partial charge is 0.490 e. The Kier molecular flexibility index (Phi) is 9.54. The summed E-state index contributed by atoms with van der Waals surface area (Å²) < 4.78 is 16.7. The van der Waals surface area contributed by atoms with Gasteiger partial charge in [-0.15, -0.1) is 0 Å². The van der Waals surface area contributed by atoms with Gasteiger partial charge < -0.3 is 14.2 Å². The minimum Gasteiger partial charge on any atom is -0.490 e. The van der Waals surface area contributed by atoms with Crippen molar-refractivity contribution in [2.45, 2.75) is 83.8 Å². The first-order valence-electron chi connectivity index (χ1n) is 10.3. The number of unbranched alkanes of at least 4 members (excludes halogenated alkanes) is 5. The molecule has 4 heteroatoms. The van der Waals surface area contributed by atoms with Crippen LogP contribution in [0.3, 0.4) is 0 Å². The van der Waals surface area contributed by atoms with E-state index in [2.05, 4.69) is 13.8 Å². The van der Waals surface area contributed by atoms with E-state index in [1.165, 1.54) is 32.1 Å². The number of hydrogen-bond donors (Lipinski definition) is 0. The van der Waals surface area contributed by atoms with E-state index in [9.17, 15) is 4.79 Å². The first-order chi connectivity index (χ1) is 12.7. The lowest BCUT2D eigenvalue weighted by Gasteiger charge is -2.18. The Morgan fingerprint density at radius 1 is 1.08 bits per heavy atom. The summed E-state index contributed by atoms with van der Waals surface area (Å²) in [6.45, 7) is 5.59. The van der Waals surface area contributed by atoms with Crippen LogP contribution in [0.4, 0.5) is 0 Å². The number of hydrogen-bond acceptors (Lipinski definition) is 4. The highest BCUT2D eigenvalue weighted by atomic mass is 16.6. The molecule has 146 valence electrons. The molecule has 2 unspecified atom stereocenters. The highest BCUT2D eigenvalue weighted by Crippen LogP contribution is 2.23. The molecular weight excluding hydrogens is 328 g/mol. The molecule has 1 heterocycles. The van der Waals surface area contributed by atoms with Gasteiger partial charge in [-0.05, 0) is 31.4 Å². The van der Waals surface area contributed by atoms with Gasteiger partial charge in [-0.25, -0.2) is 4.79 Å². The van der Waals surface area contributed by atoms with Crippen LogP contribution in [0.5, 0.6) is 5.75 Å². The summed E-state index contributed by atoms with van der Waals surface area (Å²) in [6, 6.07) is 7.32. The fraction of sp³-hybridized carbons (Fsp3) is 0.682. The summed E-state index contributed by atoms with van der Waals surface area (Å²) in [4.78, 5) is 12.7. The quantitative estimate of drug-likeness (QED) is 0.248. The van der Waals surface area contributed by atoms with Crippen LogP contribution in [0.1, 0.15) is 82.0 Å². The predicted octanol–water partition coefficient (Wildman–Crippen LogP) is 5.54. The van der Waals surface area contributed by atoms with E-state index in [0.717, 1.165) is 32.3 Å². The number of carbonyl (C=O) groups is 1. The molecule has 1 aromatic carbocycles. The molecule has 0 radical (unpaired) electrons. The molecule has 0 aromatic heterocycles. The van der Waals surface area contributed by atoms with E-state index >= 15 is 0 Å². The minimum atomic E-state index is -0.276. The van der Waals surface area contributed by atoms with E-state index in [1.54, 1.807) is 6.07 Å². The summed E-state index contributed by atoms with van der Waals surface area (Å²) in [5, 5.41) is 0. The average Bonchev–Trinajstić information content (AvgIpc) is 3.47. The molecule has 1 aliphatic rings. The zero-order chi connectivity index (χ0) is 18.6. The fourth-order valence-corrected chi connectivity index (χ4v) is 3.06. The van der Waals surface area contributed by atoms with Crippen LogP contribution in [0, 0.1) is 0 Å². The highest BCUT2D eigenvalue weighted by Gasteiger charge is 2.25. The molecule has 2 atom stereocenters. The fourth-order valence-electron chi connectivity index (χ4n) is 3.06. The van der Waals surface area contributed by atoms with Crippen LogP contribution in [-0.4, -0.2) is 31.4 Å². The van der Waals surface area contributed by atoms with Gasteiger partial charge in [0.25, 0.3) is 0 Å². The van der Waals surface area contributed by atoms with E-state index in [1.807, 2.05) is 18.2 Å². The maximum absolute atomic E-state index is 12.7. The van der Waals surface area contributed by atoms with Gasteiger partial charge in [-0.3, -0.25) is 0 Å². The molecule has 4 nitrogen and oxygen atoms in total. The third-order valence-corrected chi connectivity index (χ3v) is 4.70. The third-order valence-electron chi connectivity index (χ3n) is 4.70. The van der Waals surface area contributed by atoms with Crippen molar-refractivity contribution in [3.8, 4) is 5.75 Å². The number of esters is 1. The van der Waals surface area contributed by atoms with Crippen LogP contribution in [-0.2, 0) is 9.47 Å². The second-order valence-corrected chi connectivity index (χ2v) is 7.13. The molecule has 1 fully saturated rings. The molecule has 1 saturated heterocycles. The van der Waals surface area contributed by atoms with E-state index in [-0.39, 0.29) is 18.2 Å². The van der Waals surface area contributed by atoms with Crippen molar-refractivity contribution in [2.75, 3.05) is 13.2 Å². The second kappa shape index (κ2) is 11.9. The van der Waals surface area contributed by atoms with Gasteiger partial charge in [0.05, 0.1) is 6.61 Å². The molecular formula is C22H34O4. The van der Waals surface area contributed by atoms with Crippen LogP contribution in [0.25, 0.3) is 0 Å². The Morgan fingerprint density at radius 2 is 1.81 bits per heavy atom. The molecule has 0 saturated carbocycles. The molecule has 2 rings (SSSR count). The molecule has 1 aromatic rings. The summed E-state index contributed by atoms with van der Waals surface area (Å²) >= 11 is 0. The number of para-hydroxylation sites is 1. The van der Waals surface area contributed by atoms with Gasteiger partial charge >= 0.3 is 5.97 Å². The summed E-state index contributed by atoms with van der Waals surface area (Å²) in [5.41, 5.74) is 0.511. The number of rotatable bonds is 14. The highest BCUT2D eigenvalue weighted by molar-refractivity contribution is 5.92. The Morgan fingerprint density at radius 3 is 2.54 bits per heavy atom. The average molecular weight is 363 g/mol. The SMILES string of the molecule is CCCCCCCCC(CCC)OC(=O)c1ccccc1OCC1CO1. The van der Waals surface area contributed by atoms with E-state index < -0.39 is 0 Å². The maximum Gasteiger partial charge on any atom is 0.342 e. The minimum absolute atomic E-state index is 0.00139. The van der Waals surface area contributed by atoms with E-state index in [0.29, 0.717) is 17.9 Å². The van der Waals surface area contributed by atoms with Gasteiger partial charge in [-0.1, -0.05) is 64.5 Å². The van der Waals surface area contributed by atoms with E-state index in [4.69, 9.17) is 14.2 Å². The zero-order valence-electron chi connectivity index (χ0n) is 16.4. The van der Waals surface area contributed by atoms with Crippen molar-refractivity contribution in [3.63, 3.8) is 0 Å². The van der Waals surface area contributed by atoms with Crippen LogP contribution in [0.2, 0.25) is 0 Å². The Bertz CT molecular complexity index is 525. The maximum atomic E-state index is 12.7. The van der Waals surface area contributed by atoms with Crippen molar-refractivity contribution in [1.29, 1.82) is 0 Å². The van der Waals surface area contributed by atoms with Crippen LogP contribution < -0.4 is 4.74 Å². The Labute approximate surface area is 158 Å². The van der Waals surface area contributed by atoms with Crippen molar-refractivity contribution < 1.29 is 19.0 Å². The van der Waals surface area contributed by atoms with Gasteiger partial charge in [-0.2, -0.15) is 0 Å². The zero-order valence-corrected chi connectivity index (χ0v) is 16.4. The third kappa shape index (κ3) is 7.77. The van der Waals surface area contributed by atoms with Crippen molar-refractivity contribution in [2.24, 2.45) is 0 Å². The van der Waals surface area contributed by atoms with Crippen molar-refractivity contribution >= 4 is 5.97 Å². The summed E-state index contributed by atoms with van der Waals surface area (Å²) in [5.74, 6) is 0.310. The molecule has 0 bridgehead atoms. The second-order valence-electron chi connectivity index (χ2n) is 7.13. The summed E-state index contributed by atoms with van der Waals surface area (Å²) in [6.07, 6.45) is 10.6. The topological polar surface area (TPSA) is 48.1 Å².